The quantitative estimate of drug-likeness (QED) is 0.577. The second-order valence-corrected chi connectivity index (χ2v) is 5.98. The molecular weight excluding hydrogens is 248 g/mol. The zero-order chi connectivity index (χ0) is 12.8. The van der Waals surface area contributed by atoms with Gasteiger partial charge < -0.3 is 9.45 Å². The van der Waals surface area contributed by atoms with Gasteiger partial charge in [-0.3, -0.25) is 9.19 Å². The lowest BCUT2D eigenvalue weighted by Gasteiger charge is -2.16. The summed E-state index contributed by atoms with van der Waals surface area (Å²) in [6, 6.07) is 4.06. The molecule has 1 saturated heterocycles. The predicted octanol–water partition coefficient (Wildman–Crippen LogP) is 1.36. The number of pyridine rings is 1. The molecule has 0 aliphatic carbocycles. The molecule has 1 aliphatic heterocycles. The molecule has 2 heterocycles. The van der Waals surface area contributed by atoms with Gasteiger partial charge in [0.05, 0.1) is 0 Å². The number of unbranched alkanes of at least 4 members (excludes halogenated alkanes) is 1. The van der Waals surface area contributed by atoms with E-state index in [0.29, 0.717) is 6.54 Å². The van der Waals surface area contributed by atoms with Crippen LogP contribution in [0.1, 0.15) is 24.8 Å². The maximum Gasteiger partial charge on any atom is 0.0355 e. The van der Waals surface area contributed by atoms with Crippen LogP contribution in [0.5, 0.6) is 0 Å². The van der Waals surface area contributed by atoms with Crippen molar-refractivity contribution in [3.8, 4) is 0 Å². The average molecular weight is 267 g/mol. The van der Waals surface area contributed by atoms with Crippen molar-refractivity contribution in [2.45, 2.75) is 30.9 Å². The number of likely N-dealkylation sites (tertiary alicyclic amines) is 1. The molecule has 18 heavy (non-hydrogen) atoms. The molecule has 0 N–H and O–H groups in total. The van der Waals surface area contributed by atoms with Crippen LogP contribution in [0.25, 0.3) is 0 Å². The van der Waals surface area contributed by atoms with E-state index in [0.717, 1.165) is 38.8 Å². The molecule has 4 nitrogen and oxygen atoms in total. The minimum Gasteiger partial charge on any atom is -0.772 e. The highest BCUT2D eigenvalue weighted by Gasteiger charge is 2.22. The van der Waals surface area contributed by atoms with E-state index in [1.807, 2.05) is 12.3 Å². The molecule has 0 spiro atoms. The van der Waals surface area contributed by atoms with Gasteiger partial charge in [0, 0.05) is 24.2 Å². The van der Waals surface area contributed by atoms with Crippen molar-refractivity contribution >= 4 is 11.1 Å². The third kappa shape index (κ3) is 4.15. The summed E-state index contributed by atoms with van der Waals surface area (Å²) >= 11 is -1.90. The second-order valence-electron chi connectivity index (χ2n) is 4.79. The molecule has 0 bridgehead atoms. The van der Waals surface area contributed by atoms with Gasteiger partial charge in [0.1, 0.15) is 0 Å². The molecule has 1 fully saturated rings. The summed E-state index contributed by atoms with van der Waals surface area (Å²) in [7, 11) is 0. The SMILES string of the molecule is O=S([O-])C1CCN(CCCCc2cccnc2)C1. The van der Waals surface area contributed by atoms with Crippen molar-refractivity contribution < 1.29 is 8.76 Å². The van der Waals surface area contributed by atoms with Crippen LogP contribution in [-0.4, -0.2) is 43.5 Å². The van der Waals surface area contributed by atoms with Crippen LogP contribution >= 0.6 is 0 Å². The van der Waals surface area contributed by atoms with Gasteiger partial charge in [0.15, 0.2) is 0 Å². The smallest absolute Gasteiger partial charge is 0.0355 e. The first-order valence-corrected chi connectivity index (χ1v) is 7.59. The lowest BCUT2D eigenvalue weighted by Crippen LogP contribution is -2.25. The lowest BCUT2D eigenvalue weighted by molar-refractivity contribution is 0.329. The first-order chi connectivity index (χ1) is 8.75. The zero-order valence-electron chi connectivity index (χ0n) is 10.5. The fourth-order valence-corrected chi connectivity index (χ4v) is 3.00. The van der Waals surface area contributed by atoms with E-state index in [9.17, 15) is 8.76 Å². The van der Waals surface area contributed by atoms with Crippen molar-refractivity contribution in [3.05, 3.63) is 30.1 Å². The summed E-state index contributed by atoms with van der Waals surface area (Å²) in [5.41, 5.74) is 1.28. The molecule has 0 radical (unpaired) electrons. The molecule has 2 atom stereocenters. The monoisotopic (exact) mass is 267 g/mol. The summed E-state index contributed by atoms with van der Waals surface area (Å²) in [5.74, 6) is 0. The number of hydrogen-bond donors (Lipinski definition) is 0. The Bertz CT molecular complexity index is 386. The maximum absolute atomic E-state index is 10.8. The van der Waals surface area contributed by atoms with Crippen molar-refractivity contribution in [2.75, 3.05) is 19.6 Å². The van der Waals surface area contributed by atoms with Crippen LogP contribution in [0.4, 0.5) is 0 Å². The van der Waals surface area contributed by atoms with E-state index < -0.39 is 11.1 Å². The van der Waals surface area contributed by atoms with Crippen LogP contribution in [0.2, 0.25) is 0 Å². The van der Waals surface area contributed by atoms with Gasteiger partial charge in [-0.1, -0.05) is 17.1 Å². The van der Waals surface area contributed by atoms with E-state index in [2.05, 4.69) is 16.0 Å². The van der Waals surface area contributed by atoms with Gasteiger partial charge in [0.2, 0.25) is 0 Å². The predicted molar refractivity (Wildman–Crippen MR) is 70.9 cm³/mol. The van der Waals surface area contributed by atoms with Gasteiger partial charge in [0.25, 0.3) is 0 Å². The molecule has 0 saturated carbocycles. The van der Waals surface area contributed by atoms with E-state index in [-0.39, 0.29) is 5.25 Å². The Morgan fingerprint density at radius 2 is 2.39 bits per heavy atom. The summed E-state index contributed by atoms with van der Waals surface area (Å²) in [6.07, 6.45) is 7.79. The summed E-state index contributed by atoms with van der Waals surface area (Å²) in [6.45, 7) is 2.64. The molecule has 1 aromatic rings. The Balaban J connectivity index is 1.61. The van der Waals surface area contributed by atoms with Crippen LogP contribution in [0, 0.1) is 0 Å². The highest BCUT2D eigenvalue weighted by atomic mass is 32.2. The summed E-state index contributed by atoms with van der Waals surface area (Å²) in [5, 5.41) is -0.150. The molecule has 1 aliphatic rings. The van der Waals surface area contributed by atoms with Gasteiger partial charge in [-0.25, -0.2) is 0 Å². The molecule has 5 heteroatoms. The van der Waals surface area contributed by atoms with Crippen LogP contribution < -0.4 is 0 Å². The van der Waals surface area contributed by atoms with Gasteiger partial charge in [-0.15, -0.1) is 0 Å². The molecule has 0 amide bonds. The van der Waals surface area contributed by atoms with E-state index in [1.54, 1.807) is 6.20 Å². The fraction of sp³-hybridized carbons (Fsp3) is 0.615. The first kappa shape index (κ1) is 13.6. The largest absolute Gasteiger partial charge is 0.772 e. The van der Waals surface area contributed by atoms with Crippen molar-refractivity contribution in [1.29, 1.82) is 0 Å². The van der Waals surface area contributed by atoms with Gasteiger partial charge in [-0.2, -0.15) is 0 Å². The van der Waals surface area contributed by atoms with E-state index in [1.165, 1.54) is 5.56 Å². The van der Waals surface area contributed by atoms with Crippen LogP contribution in [-0.2, 0) is 17.5 Å². The number of aryl methyl sites for hydroxylation is 1. The number of aromatic nitrogens is 1. The highest BCUT2D eigenvalue weighted by Crippen LogP contribution is 2.14. The second kappa shape index (κ2) is 6.97. The maximum atomic E-state index is 10.8. The van der Waals surface area contributed by atoms with Gasteiger partial charge in [-0.05, 0) is 50.4 Å². The third-order valence-electron chi connectivity index (χ3n) is 3.41. The lowest BCUT2D eigenvalue weighted by atomic mass is 10.1. The summed E-state index contributed by atoms with van der Waals surface area (Å²) in [4.78, 5) is 6.34. The van der Waals surface area contributed by atoms with E-state index >= 15 is 0 Å². The highest BCUT2D eigenvalue weighted by molar-refractivity contribution is 7.79. The fourth-order valence-electron chi connectivity index (χ4n) is 2.37. The molecule has 100 valence electrons. The zero-order valence-corrected chi connectivity index (χ0v) is 11.3. The standard InChI is InChI=1S/C13H20N2O2S/c16-18(17)13-6-9-15(11-13)8-2-1-4-12-5-3-7-14-10-12/h3,5,7,10,13H,1-2,4,6,8-9,11H2,(H,16,17)/p-1. The minimum atomic E-state index is -1.90. The summed E-state index contributed by atoms with van der Waals surface area (Å²) < 4.78 is 21.7. The Labute approximate surface area is 111 Å². The molecule has 2 unspecified atom stereocenters. The number of rotatable bonds is 6. The number of nitrogens with zero attached hydrogens (tertiary/aromatic N) is 2. The molecule has 2 rings (SSSR count). The Morgan fingerprint density at radius 3 is 3.06 bits per heavy atom. The minimum absolute atomic E-state index is 0.150. The van der Waals surface area contributed by atoms with Crippen molar-refractivity contribution in [1.82, 2.24) is 9.88 Å². The third-order valence-corrected chi connectivity index (χ3v) is 4.34. The van der Waals surface area contributed by atoms with E-state index in [4.69, 9.17) is 0 Å². The Morgan fingerprint density at radius 1 is 1.50 bits per heavy atom. The Hall–Kier alpha value is -0.780. The number of hydrogen-bond acceptors (Lipinski definition) is 4. The van der Waals surface area contributed by atoms with Gasteiger partial charge >= 0.3 is 0 Å². The molecule has 1 aromatic heterocycles. The van der Waals surface area contributed by atoms with Crippen LogP contribution in [0.15, 0.2) is 24.5 Å². The topological polar surface area (TPSA) is 56.3 Å². The van der Waals surface area contributed by atoms with Crippen molar-refractivity contribution in [3.63, 3.8) is 0 Å². The normalized spacial score (nSPS) is 22.2. The van der Waals surface area contributed by atoms with Crippen LogP contribution in [0.3, 0.4) is 0 Å². The molecule has 0 aromatic carbocycles. The van der Waals surface area contributed by atoms with Crippen molar-refractivity contribution in [2.24, 2.45) is 0 Å². The average Bonchev–Trinajstić information content (AvgIpc) is 2.85. The Kier molecular flexibility index (Phi) is 5.28. The molecular formula is C13H19N2O2S-. The first-order valence-electron chi connectivity index (χ1n) is 6.45.